The predicted octanol–water partition coefficient (Wildman–Crippen LogP) is 7.29. The third-order valence-electron chi connectivity index (χ3n) is 5.80. The van der Waals surface area contributed by atoms with E-state index in [-0.39, 0.29) is 24.3 Å². The van der Waals surface area contributed by atoms with E-state index < -0.39 is 23.4 Å². The van der Waals surface area contributed by atoms with Gasteiger partial charge in [0.05, 0.1) is 0 Å². The van der Waals surface area contributed by atoms with Gasteiger partial charge in [0, 0.05) is 11.1 Å². The Labute approximate surface area is 188 Å². The number of benzene rings is 1. The highest BCUT2D eigenvalue weighted by atomic mass is 19.4. The molecule has 1 aromatic carbocycles. The zero-order valence-electron chi connectivity index (χ0n) is 18.9. The van der Waals surface area contributed by atoms with Gasteiger partial charge in [-0.25, -0.2) is 8.78 Å². The lowest BCUT2D eigenvalue weighted by atomic mass is 9.75. The molecule has 0 radical (unpaired) electrons. The van der Waals surface area contributed by atoms with E-state index in [4.69, 9.17) is 0 Å². The molecule has 2 atom stereocenters. The van der Waals surface area contributed by atoms with Crippen molar-refractivity contribution < 1.29 is 22.0 Å². The molecule has 2 unspecified atom stereocenters. The summed E-state index contributed by atoms with van der Waals surface area (Å²) in [5.41, 5.74) is 4.84. The number of allylic oxidation sites excluding steroid dienone is 6. The fourth-order valence-corrected chi connectivity index (χ4v) is 4.40. The van der Waals surface area contributed by atoms with Crippen molar-refractivity contribution in [3.63, 3.8) is 0 Å². The van der Waals surface area contributed by atoms with Crippen molar-refractivity contribution in [3.05, 3.63) is 70.3 Å². The highest BCUT2D eigenvalue weighted by Crippen LogP contribution is 2.50. The van der Waals surface area contributed by atoms with Crippen LogP contribution in [0.1, 0.15) is 51.5 Å². The number of hydrogen-bond acceptors (Lipinski definition) is 1. The Bertz CT molecular complexity index is 851. The van der Waals surface area contributed by atoms with Crippen molar-refractivity contribution in [2.75, 3.05) is 7.05 Å². The van der Waals surface area contributed by atoms with Crippen LogP contribution in [-0.4, -0.2) is 13.2 Å². The van der Waals surface area contributed by atoms with Crippen LogP contribution >= 0.6 is 0 Å². The van der Waals surface area contributed by atoms with Gasteiger partial charge in [0.15, 0.2) is 0 Å². The third kappa shape index (κ3) is 7.34. The summed E-state index contributed by atoms with van der Waals surface area (Å²) in [6, 6.07) is 3.64. The number of terminal acetylenes is 1. The molecule has 6 heteroatoms. The van der Waals surface area contributed by atoms with Crippen molar-refractivity contribution in [1.29, 1.82) is 0 Å². The van der Waals surface area contributed by atoms with Gasteiger partial charge in [-0.05, 0) is 88.1 Å². The molecule has 1 fully saturated rings. The largest absolute Gasteiger partial charge is 0.412 e. The standard InChI is InChI=1S/C22H23F5.C3H4.CH5N/c1-2-14(6-4-9-17-20(23)10-5-11-21(17)24)18-12-15-7-3-8-16(15)13-19(18)22(25,26)27;1-3-2;1-2/h2,4-6,10-11,15-16H,3,7-9,12-13H2,1H3;1H,2H3;2H2,1H3/b6-4-,14-2+;;. The maximum atomic E-state index is 13.7. The van der Waals surface area contributed by atoms with Gasteiger partial charge in [0.25, 0.3) is 0 Å². The van der Waals surface area contributed by atoms with Gasteiger partial charge in [0.1, 0.15) is 11.6 Å². The van der Waals surface area contributed by atoms with Crippen LogP contribution in [0, 0.1) is 35.8 Å². The molecule has 2 N–H and O–H groups in total. The minimum Gasteiger partial charge on any atom is -0.333 e. The number of hydrogen-bond donors (Lipinski definition) is 1. The molecule has 0 heterocycles. The molecule has 1 saturated carbocycles. The molecule has 0 aromatic heterocycles. The number of fused-ring (bicyclic) bond motifs is 1. The maximum Gasteiger partial charge on any atom is 0.412 e. The molecule has 1 nitrogen and oxygen atoms in total. The average molecular weight is 454 g/mol. The van der Waals surface area contributed by atoms with E-state index in [0.717, 1.165) is 19.3 Å². The Morgan fingerprint density at radius 2 is 1.66 bits per heavy atom. The summed E-state index contributed by atoms with van der Waals surface area (Å²) >= 11 is 0. The van der Waals surface area contributed by atoms with E-state index in [9.17, 15) is 22.0 Å². The lowest BCUT2D eigenvalue weighted by Crippen LogP contribution is -2.25. The quantitative estimate of drug-likeness (QED) is 0.289. The van der Waals surface area contributed by atoms with E-state index in [0.29, 0.717) is 23.5 Å². The van der Waals surface area contributed by atoms with E-state index in [1.165, 1.54) is 25.2 Å². The van der Waals surface area contributed by atoms with E-state index in [2.05, 4.69) is 18.1 Å². The molecular weight excluding hydrogens is 421 g/mol. The molecule has 0 aliphatic heterocycles. The van der Waals surface area contributed by atoms with Crippen LogP contribution in [0.15, 0.2) is 53.1 Å². The fraction of sp³-hybridized carbons (Fsp3) is 0.462. The summed E-state index contributed by atoms with van der Waals surface area (Å²) in [6.45, 7) is 3.35. The number of alkyl halides is 3. The summed E-state index contributed by atoms with van der Waals surface area (Å²) in [6.07, 6.45) is 8.35. The molecule has 0 amide bonds. The SMILES string of the molecule is C#CC.C/C=C(\C=C/Cc1c(F)cccc1F)C1=C(C(F)(F)F)CC2CCCC2C1.CN. The molecular formula is C26H32F5N. The first-order chi connectivity index (χ1) is 15.2. The lowest BCUT2D eigenvalue weighted by molar-refractivity contribution is -0.0979. The van der Waals surface area contributed by atoms with Crippen LogP contribution in [0.2, 0.25) is 0 Å². The van der Waals surface area contributed by atoms with Crippen LogP contribution in [0.5, 0.6) is 0 Å². The van der Waals surface area contributed by atoms with Crippen LogP contribution in [0.25, 0.3) is 0 Å². The Morgan fingerprint density at radius 3 is 2.16 bits per heavy atom. The van der Waals surface area contributed by atoms with Crippen LogP contribution in [-0.2, 0) is 6.42 Å². The van der Waals surface area contributed by atoms with Gasteiger partial charge in [0.2, 0.25) is 0 Å². The van der Waals surface area contributed by atoms with Crippen molar-refractivity contribution in [3.8, 4) is 12.3 Å². The van der Waals surface area contributed by atoms with Crippen LogP contribution < -0.4 is 5.73 Å². The molecule has 0 spiro atoms. The highest BCUT2D eigenvalue weighted by Gasteiger charge is 2.43. The monoisotopic (exact) mass is 453 g/mol. The summed E-state index contributed by atoms with van der Waals surface area (Å²) in [7, 11) is 1.50. The van der Waals surface area contributed by atoms with Crippen molar-refractivity contribution in [1.82, 2.24) is 0 Å². The van der Waals surface area contributed by atoms with Crippen molar-refractivity contribution in [2.24, 2.45) is 17.6 Å². The van der Waals surface area contributed by atoms with Crippen LogP contribution in [0.3, 0.4) is 0 Å². The number of nitrogens with two attached hydrogens (primary N) is 1. The minimum atomic E-state index is -4.34. The maximum absolute atomic E-state index is 13.7. The zero-order chi connectivity index (χ0) is 24.3. The molecule has 1 aromatic rings. The summed E-state index contributed by atoms with van der Waals surface area (Å²) in [5, 5.41) is 0. The highest BCUT2D eigenvalue weighted by molar-refractivity contribution is 5.46. The number of rotatable bonds is 4. The lowest BCUT2D eigenvalue weighted by Gasteiger charge is -2.32. The smallest absolute Gasteiger partial charge is 0.333 e. The summed E-state index contributed by atoms with van der Waals surface area (Å²) < 4.78 is 68.3. The van der Waals surface area contributed by atoms with Gasteiger partial charge in [-0.2, -0.15) is 13.2 Å². The molecule has 2 aliphatic carbocycles. The average Bonchev–Trinajstić information content (AvgIpc) is 3.21. The number of halogens is 5. The second kappa shape index (κ2) is 13.2. The van der Waals surface area contributed by atoms with Crippen molar-refractivity contribution >= 4 is 0 Å². The van der Waals surface area contributed by atoms with E-state index in [1.807, 2.05) is 0 Å². The first kappa shape index (κ1) is 27.6. The predicted molar refractivity (Wildman–Crippen MR) is 121 cm³/mol. The normalized spacial score (nSPS) is 20.7. The fourth-order valence-electron chi connectivity index (χ4n) is 4.40. The van der Waals surface area contributed by atoms with Crippen LogP contribution in [0.4, 0.5) is 22.0 Å². The molecule has 0 bridgehead atoms. The zero-order valence-corrected chi connectivity index (χ0v) is 18.9. The van der Waals surface area contributed by atoms with Gasteiger partial charge < -0.3 is 5.73 Å². The Morgan fingerprint density at radius 1 is 1.12 bits per heavy atom. The summed E-state index contributed by atoms with van der Waals surface area (Å²) in [4.78, 5) is 0. The Hall–Kier alpha value is -2.39. The first-order valence-electron chi connectivity index (χ1n) is 10.7. The molecule has 0 saturated heterocycles. The second-order valence-corrected chi connectivity index (χ2v) is 7.65. The minimum absolute atomic E-state index is 0.00344. The summed E-state index contributed by atoms with van der Waals surface area (Å²) in [5.74, 6) is 1.38. The van der Waals surface area contributed by atoms with Gasteiger partial charge in [-0.3, -0.25) is 0 Å². The van der Waals surface area contributed by atoms with Crippen molar-refractivity contribution in [2.45, 2.75) is 58.5 Å². The van der Waals surface area contributed by atoms with E-state index >= 15 is 0 Å². The first-order valence-corrected chi connectivity index (χ1v) is 10.7. The Kier molecular flexibility index (Phi) is 11.4. The Balaban J connectivity index is 0.000000944. The second-order valence-electron chi connectivity index (χ2n) is 7.65. The molecule has 2 aliphatic rings. The molecule has 3 rings (SSSR count). The van der Waals surface area contributed by atoms with E-state index in [1.54, 1.807) is 32.1 Å². The third-order valence-corrected chi connectivity index (χ3v) is 5.80. The molecule has 32 heavy (non-hydrogen) atoms. The van der Waals surface area contributed by atoms with Gasteiger partial charge in [-0.1, -0.05) is 30.7 Å². The molecule has 176 valence electrons. The van der Waals surface area contributed by atoms with Gasteiger partial charge in [-0.15, -0.1) is 12.3 Å². The van der Waals surface area contributed by atoms with Gasteiger partial charge >= 0.3 is 6.18 Å². The topological polar surface area (TPSA) is 26.0 Å².